The van der Waals surface area contributed by atoms with E-state index < -0.39 is 0 Å². The van der Waals surface area contributed by atoms with Crippen LogP contribution in [-0.4, -0.2) is 30.4 Å². The quantitative estimate of drug-likeness (QED) is 0.559. The third-order valence-corrected chi connectivity index (χ3v) is 4.78. The van der Waals surface area contributed by atoms with Crippen molar-refractivity contribution in [2.75, 3.05) is 0 Å². The molecule has 0 unspecified atom stereocenters. The molecule has 4 heterocycles. The van der Waals surface area contributed by atoms with Crippen LogP contribution in [0.5, 0.6) is 0 Å². The van der Waals surface area contributed by atoms with Crippen molar-refractivity contribution in [2.45, 2.75) is 13.0 Å². The van der Waals surface area contributed by atoms with Crippen molar-refractivity contribution in [3.8, 4) is 16.5 Å². The molecule has 0 saturated carbocycles. The fraction of sp³-hybridized carbons (Fsp3) is 0.105. The summed E-state index contributed by atoms with van der Waals surface area (Å²) < 4.78 is 1.82. The molecule has 0 radical (unpaired) electrons. The highest BCUT2D eigenvalue weighted by molar-refractivity contribution is 7.13. The van der Waals surface area contributed by atoms with Gasteiger partial charge in [0.15, 0.2) is 0 Å². The van der Waals surface area contributed by atoms with Crippen LogP contribution in [0.25, 0.3) is 16.5 Å². The minimum absolute atomic E-state index is 0.0895. The summed E-state index contributed by atoms with van der Waals surface area (Å²) in [5.41, 5.74) is 2.46. The lowest BCUT2D eigenvalue weighted by molar-refractivity contribution is -0.120. The average Bonchev–Trinajstić information content (AvgIpc) is 3.40. The lowest BCUT2D eigenvalue weighted by Crippen LogP contribution is -2.25. The molecule has 0 atom stereocenters. The highest BCUT2D eigenvalue weighted by Crippen LogP contribution is 2.21. The largest absolute Gasteiger partial charge is 0.352 e. The van der Waals surface area contributed by atoms with E-state index in [1.54, 1.807) is 24.9 Å². The first-order valence-electron chi connectivity index (χ1n) is 8.34. The Labute approximate surface area is 159 Å². The average molecular weight is 376 g/mol. The fourth-order valence-electron chi connectivity index (χ4n) is 2.60. The van der Waals surface area contributed by atoms with Gasteiger partial charge >= 0.3 is 0 Å². The van der Waals surface area contributed by atoms with Gasteiger partial charge in [0.1, 0.15) is 17.2 Å². The Kier molecular flexibility index (Phi) is 4.97. The van der Waals surface area contributed by atoms with Crippen LogP contribution >= 0.6 is 11.3 Å². The second-order valence-corrected chi connectivity index (χ2v) is 6.63. The standard InChI is InChI=1S/C19H16N6OS/c26-17(10-15-12-27-19(24-15)16-5-1-2-6-21-16)23-11-14-4-3-7-22-18(14)25-9-8-20-13-25/h1-9,12-13H,10-11H2,(H,23,26). The SMILES string of the molecule is O=C(Cc1csc(-c2ccccn2)n1)NCc1cccnc1-n1ccnc1. The third kappa shape index (κ3) is 4.06. The van der Waals surface area contributed by atoms with Crippen LogP contribution in [-0.2, 0) is 17.8 Å². The van der Waals surface area contributed by atoms with Crippen molar-refractivity contribution in [1.82, 2.24) is 29.8 Å². The molecule has 0 aliphatic heterocycles. The maximum atomic E-state index is 12.3. The van der Waals surface area contributed by atoms with E-state index in [2.05, 4.69) is 25.3 Å². The zero-order chi connectivity index (χ0) is 18.5. The number of pyridine rings is 2. The van der Waals surface area contributed by atoms with Crippen LogP contribution in [0.1, 0.15) is 11.3 Å². The number of carbonyl (C=O) groups excluding carboxylic acids is 1. The van der Waals surface area contributed by atoms with Crippen molar-refractivity contribution in [2.24, 2.45) is 0 Å². The topological polar surface area (TPSA) is 85.6 Å². The monoisotopic (exact) mass is 376 g/mol. The zero-order valence-corrected chi connectivity index (χ0v) is 15.1. The normalized spacial score (nSPS) is 10.7. The first-order valence-corrected chi connectivity index (χ1v) is 9.22. The number of rotatable bonds is 6. The number of carbonyl (C=O) groups is 1. The predicted molar refractivity (Wildman–Crippen MR) is 102 cm³/mol. The minimum Gasteiger partial charge on any atom is -0.352 e. The third-order valence-electron chi connectivity index (χ3n) is 3.87. The van der Waals surface area contributed by atoms with Gasteiger partial charge in [0.05, 0.1) is 17.8 Å². The lowest BCUT2D eigenvalue weighted by atomic mass is 10.2. The van der Waals surface area contributed by atoms with Crippen LogP contribution in [0.15, 0.2) is 66.8 Å². The molecule has 0 aromatic carbocycles. The molecule has 0 aliphatic carbocycles. The molecule has 4 aromatic heterocycles. The van der Waals surface area contributed by atoms with E-state index in [1.807, 2.05) is 46.5 Å². The van der Waals surface area contributed by atoms with Gasteiger partial charge < -0.3 is 5.32 Å². The first-order chi connectivity index (χ1) is 13.3. The maximum Gasteiger partial charge on any atom is 0.226 e. The number of nitrogens with zero attached hydrogens (tertiary/aromatic N) is 5. The van der Waals surface area contributed by atoms with Crippen molar-refractivity contribution in [1.29, 1.82) is 0 Å². The van der Waals surface area contributed by atoms with Crippen molar-refractivity contribution in [3.63, 3.8) is 0 Å². The fourth-order valence-corrected chi connectivity index (χ4v) is 3.40. The second kappa shape index (κ2) is 7.88. The summed E-state index contributed by atoms with van der Waals surface area (Å²) in [6, 6.07) is 9.47. The van der Waals surface area contributed by atoms with Crippen LogP contribution < -0.4 is 5.32 Å². The Morgan fingerprint density at radius 1 is 1.11 bits per heavy atom. The van der Waals surface area contributed by atoms with Crippen LogP contribution in [0.2, 0.25) is 0 Å². The number of thiazole rings is 1. The molecule has 0 saturated heterocycles. The van der Waals surface area contributed by atoms with Gasteiger partial charge in [-0.25, -0.2) is 15.0 Å². The number of amides is 1. The van der Waals surface area contributed by atoms with Gasteiger partial charge in [-0.2, -0.15) is 0 Å². The van der Waals surface area contributed by atoms with Gasteiger partial charge in [-0.3, -0.25) is 14.3 Å². The number of aromatic nitrogens is 5. The highest BCUT2D eigenvalue weighted by atomic mass is 32.1. The Bertz CT molecular complexity index is 1030. The molecule has 1 N–H and O–H groups in total. The van der Waals surface area contributed by atoms with Gasteiger partial charge in [-0.05, 0) is 18.2 Å². The molecule has 0 bridgehead atoms. The molecule has 1 amide bonds. The summed E-state index contributed by atoms with van der Waals surface area (Å²) in [5.74, 6) is 0.662. The van der Waals surface area contributed by atoms with E-state index in [-0.39, 0.29) is 12.3 Å². The molecule has 134 valence electrons. The van der Waals surface area contributed by atoms with Gasteiger partial charge in [0, 0.05) is 42.3 Å². The number of imidazole rings is 1. The van der Waals surface area contributed by atoms with Gasteiger partial charge in [0.2, 0.25) is 5.91 Å². The molecule has 4 rings (SSSR count). The smallest absolute Gasteiger partial charge is 0.226 e. The summed E-state index contributed by atoms with van der Waals surface area (Å²) in [4.78, 5) is 29.5. The number of hydrogen-bond donors (Lipinski definition) is 1. The Morgan fingerprint density at radius 3 is 2.85 bits per heavy atom. The Morgan fingerprint density at radius 2 is 2.04 bits per heavy atom. The molecule has 0 spiro atoms. The van der Waals surface area contributed by atoms with Crippen molar-refractivity contribution >= 4 is 17.2 Å². The van der Waals surface area contributed by atoms with E-state index in [1.165, 1.54) is 11.3 Å². The number of nitrogens with one attached hydrogen (secondary N) is 1. The number of hydrogen-bond acceptors (Lipinski definition) is 6. The zero-order valence-electron chi connectivity index (χ0n) is 14.3. The molecular weight excluding hydrogens is 360 g/mol. The lowest BCUT2D eigenvalue weighted by Gasteiger charge is -2.09. The van der Waals surface area contributed by atoms with Crippen LogP contribution in [0.4, 0.5) is 0 Å². The molecule has 0 fully saturated rings. The molecule has 0 aliphatic rings. The van der Waals surface area contributed by atoms with Gasteiger partial charge in [-0.1, -0.05) is 12.1 Å². The molecular formula is C19H16N6OS. The predicted octanol–water partition coefficient (Wildman–Crippen LogP) is 2.64. The summed E-state index contributed by atoms with van der Waals surface area (Å²) in [6.45, 7) is 0.386. The van der Waals surface area contributed by atoms with E-state index in [4.69, 9.17) is 0 Å². The minimum atomic E-state index is -0.0895. The molecule has 8 heteroatoms. The van der Waals surface area contributed by atoms with Crippen molar-refractivity contribution in [3.05, 3.63) is 78.1 Å². The Hall–Kier alpha value is -3.39. The van der Waals surface area contributed by atoms with E-state index in [0.29, 0.717) is 6.54 Å². The summed E-state index contributed by atoms with van der Waals surface area (Å²) in [7, 11) is 0. The van der Waals surface area contributed by atoms with Crippen LogP contribution in [0.3, 0.4) is 0 Å². The molecule has 27 heavy (non-hydrogen) atoms. The van der Waals surface area contributed by atoms with Gasteiger partial charge in [0.25, 0.3) is 0 Å². The van der Waals surface area contributed by atoms with Gasteiger partial charge in [-0.15, -0.1) is 11.3 Å². The first kappa shape index (κ1) is 17.0. The van der Waals surface area contributed by atoms with E-state index in [0.717, 1.165) is 27.8 Å². The van der Waals surface area contributed by atoms with Crippen molar-refractivity contribution < 1.29 is 4.79 Å². The second-order valence-electron chi connectivity index (χ2n) is 5.77. The molecule has 4 aromatic rings. The summed E-state index contributed by atoms with van der Waals surface area (Å²) in [6.07, 6.45) is 8.87. The maximum absolute atomic E-state index is 12.3. The van der Waals surface area contributed by atoms with Crippen LogP contribution in [0, 0.1) is 0 Å². The molecule has 7 nitrogen and oxygen atoms in total. The summed E-state index contributed by atoms with van der Waals surface area (Å²) >= 11 is 1.49. The van der Waals surface area contributed by atoms with E-state index in [9.17, 15) is 4.79 Å². The Balaban J connectivity index is 1.39. The van der Waals surface area contributed by atoms with E-state index >= 15 is 0 Å². The highest BCUT2D eigenvalue weighted by Gasteiger charge is 2.11. The summed E-state index contributed by atoms with van der Waals surface area (Å²) in [5, 5.41) is 5.64.